The highest BCUT2D eigenvalue weighted by molar-refractivity contribution is 14.0. The van der Waals surface area contributed by atoms with Crippen LogP contribution < -0.4 is 10.6 Å². The predicted octanol–water partition coefficient (Wildman–Crippen LogP) is 2.84. The zero-order valence-corrected chi connectivity index (χ0v) is 15.2. The number of hydrogen-bond donors (Lipinski definition) is 2. The molecule has 0 spiro atoms. The molecular weight excluding hydrogens is 384 g/mol. The first-order chi connectivity index (χ1) is 9.67. The maximum atomic E-state index is 13.4. The van der Waals surface area contributed by atoms with E-state index in [2.05, 4.69) is 15.6 Å². The van der Waals surface area contributed by atoms with E-state index in [1.165, 1.54) is 6.07 Å². The zero-order chi connectivity index (χ0) is 14.8. The first kappa shape index (κ1) is 20.1. The van der Waals surface area contributed by atoms with E-state index in [1.54, 1.807) is 13.0 Å². The molecule has 0 aromatic heterocycles. The molecule has 0 atom stereocenters. The van der Waals surface area contributed by atoms with Gasteiger partial charge in [-0.3, -0.25) is 0 Å². The van der Waals surface area contributed by atoms with Crippen LogP contribution in [0.25, 0.3) is 0 Å². The Labute approximate surface area is 143 Å². The number of benzene rings is 1. The fraction of sp³-hybridized carbons (Fsp3) is 0.533. The highest BCUT2D eigenvalue weighted by Gasteiger charge is 2.00. The van der Waals surface area contributed by atoms with Gasteiger partial charge in [0.25, 0.3) is 0 Å². The monoisotopic (exact) mass is 409 g/mol. The molecular formula is C15H25FIN3O. The van der Waals surface area contributed by atoms with E-state index in [0.717, 1.165) is 12.1 Å². The fourth-order valence-electron chi connectivity index (χ4n) is 1.63. The van der Waals surface area contributed by atoms with Crippen molar-refractivity contribution in [2.24, 2.45) is 4.99 Å². The quantitative estimate of drug-likeness (QED) is 0.315. The van der Waals surface area contributed by atoms with Crippen LogP contribution in [-0.4, -0.2) is 32.3 Å². The number of rotatable bonds is 7. The third kappa shape index (κ3) is 8.21. The van der Waals surface area contributed by atoms with Gasteiger partial charge in [0.2, 0.25) is 0 Å². The number of nitrogens with zero attached hydrogens (tertiary/aromatic N) is 1. The fourth-order valence-corrected chi connectivity index (χ4v) is 1.63. The summed E-state index contributed by atoms with van der Waals surface area (Å²) >= 11 is 0. The Morgan fingerprint density at radius 1 is 1.29 bits per heavy atom. The van der Waals surface area contributed by atoms with Crippen LogP contribution in [0.1, 0.15) is 25.0 Å². The molecule has 0 bridgehead atoms. The minimum Gasteiger partial charge on any atom is -0.380 e. The first-order valence-electron chi connectivity index (χ1n) is 7.02. The van der Waals surface area contributed by atoms with Gasteiger partial charge in [-0.2, -0.15) is 0 Å². The van der Waals surface area contributed by atoms with E-state index in [1.807, 2.05) is 19.9 Å². The summed E-state index contributed by atoms with van der Waals surface area (Å²) in [6.07, 6.45) is 0. The van der Waals surface area contributed by atoms with Gasteiger partial charge in [0.1, 0.15) is 5.82 Å². The molecule has 1 rings (SSSR count). The molecule has 0 unspecified atom stereocenters. The molecule has 120 valence electrons. The highest BCUT2D eigenvalue weighted by Crippen LogP contribution is 2.09. The maximum absolute atomic E-state index is 13.4. The van der Waals surface area contributed by atoms with Gasteiger partial charge in [0, 0.05) is 19.7 Å². The van der Waals surface area contributed by atoms with Crippen LogP contribution in [-0.2, 0) is 11.3 Å². The minimum atomic E-state index is -0.188. The second-order valence-corrected chi connectivity index (χ2v) is 4.40. The first-order valence-corrected chi connectivity index (χ1v) is 7.02. The summed E-state index contributed by atoms with van der Waals surface area (Å²) in [7, 11) is 0. The molecule has 21 heavy (non-hydrogen) atoms. The van der Waals surface area contributed by atoms with Crippen LogP contribution in [0.4, 0.5) is 4.39 Å². The van der Waals surface area contributed by atoms with Crippen molar-refractivity contribution < 1.29 is 9.13 Å². The Morgan fingerprint density at radius 2 is 2.05 bits per heavy atom. The van der Waals surface area contributed by atoms with Gasteiger partial charge in [-0.25, -0.2) is 9.38 Å². The molecule has 1 aromatic carbocycles. The van der Waals surface area contributed by atoms with E-state index in [-0.39, 0.29) is 29.8 Å². The van der Waals surface area contributed by atoms with E-state index < -0.39 is 0 Å². The van der Waals surface area contributed by atoms with Gasteiger partial charge in [-0.05, 0) is 38.0 Å². The predicted molar refractivity (Wildman–Crippen MR) is 95.9 cm³/mol. The van der Waals surface area contributed by atoms with Crippen molar-refractivity contribution in [1.29, 1.82) is 0 Å². The number of ether oxygens (including phenoxy) is 1. The molecule has 0 aliphatic rings. The molecule has 2 N–H and O–H groups in total. The summed E-state index contributed by atoms with van der Waals surface area (Å²) in [6.45, 7) is 8.99. The summed E-state index contributed by atoms with van der Waals surface area (Å²) in [5, 5.41) is 6.32. The van der Waals surface area contributed by atoms with Crippen molar-refractivity contribution in [1.82, 2.24) is 10.6 Å². The molecule has 0 saturated heterocycles. The smallest absolute Gasteiger partial charge is 0.191 e. The molecule has 4 nitrogen and oxygen atoms in total. The van der Waals surface area contributed by atoms with Gasteiger partial charge in [-0.1, -0.05) is 12.1 Å². The summed E-state index contributed by atoms with van der Waals surface area (Å²) in [6, 6.07) is 5.20. The van der Waals surface area contributed by atoms with Gasteiger partial charge in [0.05, 0.1) is 13.2 Å². The van der Waals surface area contributed by atoms with Gasteiger partial charge in [-0.15, -0.1) is 24.0 Å². The Kier molecular flexibility index (Phi) is 11.2. The normalized spacial score (nSPS) is 11.0. The standard InChI is InChI=1S/C15H24FN3O.HI/c1-4-17-15(18-8-9-20-5-2)19-11-13-7-6-12(3)14(16)10-13;/h6-7,10H,4-5,8-9,11H2,1-3H3,(H2,17,18,19);1H. The minimum absolute atomic E-state index is 0. The average Bonchev–Trinajstić information content (AvgIpc) is 2.44. The average molecular weight is 409 g/mol. The lowest BCUT2D eigenvalue weighted by molar-refractivity contribution is 0.152. The summed E-state index contributed by atoms with van der Waals surface area (Å²) in [5.74, 6) is 0.528. The Bertz CT molecular complexity index is 441. The van der Waals surface area contributed by atoms with Crippen molar-refractivity contribution in [3.63, 3.8) is 0 Å². The van der Waals surface area contributed by atoms with Gasteiger partial charge in [0.15, 0.2) is 5.96 Å². The van der Waals surface area contributed by atoms with Gasteiger partial charge >= 0.3 is 0 Å². The van der Waals surface area contributed by atoms with Crippen LogP contribution in [0.3, 0.4) is 0 Å². The molecule has 0 amide bonds. The lowest BCUT2D eigenvalue weighted by atomic mass is 10.1. The highest BCUT2D eigenvalue weighted by atomic mass is 127. The molecule has 0 saturated carbocycles. The maximum Gasteiger partial charge on any atom is 0.191 e. The molecule has 0 aliphatic carbocycles. The van der Waals surface area contributed by atoms with Gasteiger partial charge < -0.3 is 15.4 Å². The van der Waals surface area contributed by atoms with Crippen LogP contribution in [0.5, 0.6) is 0 Å². The van der Waals surface area contributed by atoms with Crippen LogP contribution in [0, 0.1) is 12.7 Å². The Balaban J connectivity index is 0.00000400. The van der Waals surface area contributed by atoms with Crippen LogP contribution in [0.15, 0.2) is 23.2 Å². The van der Waals surface area contributed by atoms with Crippen LogP contribution in [0.2, 0.25) is 0 Å². The number of guanidine groups is 1. The molecule has 0 fully saturated rings. The van der Waals surface area contributed by atoms with E-state index in [0.29, 0.717) is 37.8 Å². The number of aryl methyl sites for hydroxylation is 1. The van der Waals surface area contributed by atoms with Crippen molar-refractivity contribution in [2.45, 2.75) is 27.3 Å². The lowest BCUT2D eigenvalue weighted by Crippen LogP contribution is -2.39. The Hall–Kier alpha value is -0.890. The largest absolute Gasteiger partial charge is 0.380 e. The topological polar surface area (TPSA) is 45.7 Å². The van der Waals surface area contributed by atoms with Crippen molar-refractivity contribution >= 4 is 29.9 Å². The molecule has 0 aliphatic heterocycles. The van der Waals surface area contributed by atoms with E-state index in [4.69, 9.17) is 4.74 Å². The molecule has 0 heterocycles. The van der Waals surface area contributed by atoms with E-state index in [9.17, 15) is 4.39 Å². The summed E-state index contributed by atoms with van der Waals surface area (Å²) < 4.78 is 18.7. The van der Waals surface area contributed by atoms with E-state index >= 15 is 0 Å². The van der Waals surface area contributed by atoms with Crippen LogP contribution >= 0.6 is 24.0 Å². The number of aliphatic imine (C=N–C) groups is 1. The van der Waals surface area contributed by atoms with Crippen molar-refractivity contribution in [3.05, 3.63) is 35.1 Å². The zero-order valence-electron chi connectivity index (χ0n) is 12.9. The SMILES string of the molecule is CCNC(=NCc1ccc(C)c(F)c1)NCCOCC.I. The molecule has 0 radical (unpaired) electrons. The number of nitrogens with one attached hydrogen (secondary N) is 2. The number of hydrogen-bond acceptors (Lipinski definition) is 2. The molecule has 6 heteroatoms. The number of halogens is 2. The second-order valence-electron chi connectivity index (χ2n) is 4.40. The lowest BCUT2D eigenvalue weighted by Gasteiger charge is -2.11. The third-order valence-corrected chi connectivity index (χ3v) is 2.74. The molecule has 1 aromatic rings. The summed E-state index contributed by atoms with van der Waals surface area (Å²) in [5.41, 5.74) is 1.51. The summed E-state index contributed by atoms with van der Waals surface area (Å²) in [4.78, 5) is 4.42. The third-order valence-electron chi connectivity index (χ3n) is 2.74. The second kappa shape index (κ2) is 11.7. The van der Waals surface area contributed by atoms with Crippen molar-refractivity contribution in [2.75, 3.05) is 26.3 Å². The Morgan fingerprint density at radius 3 is 2.67 bits per heavy atom. The van der Waals surface area contributed by atoms with Crippen molar-refractivity contribution in [3.8, 4) is 0 Å².